The summed E-state index contributed by atoms with van der Waals surface area (Å²) in [6.45, 7) is 1.51. The summed E-state index contributed by atoms with van der Waals surface area (Å²) in [6, 6.07) is 9.89. The number of benzene rings is 2. The first-order chi connectivity index (χ1) is 13.5. The van der Waals surface area contributed by atoms with Gasteiger partial charge in [-0.2, -0.15) is 9.52 Å². The van der Waals surface area contributed by atoms with Crippen LogP contribution in [-0.4, -0.2) is 39.0 Å². The van der Waals surface area contributed by atoms with Crippen LogP contribution in [0.2, 0.25) is 5.02 Å². The number of rotatable bonds is 6. The van der Waals surface area contributed by atoms with Crippen LogP contribution in [-0.2, 0) is 20.0 Å². The lowest BCUT2D eigenvalue weighted by Gasteiger charge is -2.22. The Hall–Kier alpha value is -2.17. The van der Waals surface area contributed by atoms with Crippen LogP contribution >= 0.6 is 11.6 Å². The first-order valence-corrected chi connectivity index (χ1v) is 12.5. The molecule has 2 aromatic carbocycles. The van der Waals surface area contributed by atoms with Crippen LogP contribution in [0.25, 0.3) is 0 Å². The molecule has 0 spiro atoms. The number of anilines is 1. The summed E-state index contributed by atoms with van der Waals surface area (Å²) in [5.74, 6) is -0.760. The standard InChI is InChI=1S/C18H19ClFN3O4S2/c1-3-29(26,27)23-18(13-7-8-16(20)15(19)10-13)11-17(21-23)12-5-4-6-14(9-12)22-28(2,24)25/h4-10,18,22H,3,11H2,1-2H3. The zero-order valence-corrected chi connectivity index (χ0v) is 18.0. The van der Waals surface area contributed by atoms with Crippen molar-refractivity contribution in [1.82, 2.24) is 4.41 Å². The maximum absolute atomic E-state index is 13.6. The van der Waals surface area contributed by atoms with Crippen molar-refractivity contribution in [2.24, 2.45) is 5.10 Å². The fraction of sp³-hybridized carbons (Fsp3) is 0.278. The summed E-state index contributed by atoms with van der Waals surface area (Å²) in [4.78, 5) is 0. The van der Waals surface area contributed by atoms with Crippen LogP contribution in [0.3, 0.4) is 0 Å². The molecule has 29 heavy (non-hydrogen) atoms. The second-order valence-corrected chi connectivity index (χ2v) is 10.8. The topological polar surface area (TPSA) is 95.9 Å². The highest BCUT2D eigenvalue weighted by atomic mass is 35.5. The Morgan fingerprint density at radius 1 is 1.21 bits per heavy atom. The second kappa shape index (κ2) is 7.92. The van der Waals surface area contributed by atoms with Gasteiger partial charge in [-0.1, -0.05) is 29.8 Å². The van der Waals surface area contributed by atoms with Crippen molar-refractivity contribution in [2.45, 2.75) is 19.4 Å². The number of nitrogens with one attached hydrogen (secondary N) is 1. The Kier molecular flexibility index (Phi) is 5.88. The molecule has 0 bridgehead atoms. The van der Waals surface area contributed by atoms with E-state index in [9.17, 15) is 21.2 Å². The van der Waals surface area contributed by atoms with Crippen LogP contribution < -0.4 is 4.72 Å². The van der Waals surface area contributed by atoms with Crippen LogP contribution in [0.5, 0.6) is 0 Å². The van der Waals surface area contributed by atoms with E-state index in [1.165, 1.54) is 25.1 Å². The van der Waals surface area contributed by atoms with Crippen molar-refractivity contribution in [3.05, 3.63) is 64.4 Å². The minimum Gasteiger partial charge on any atom is -0.284 e. The monoisotopic (exact) mass is 459 g/mol. The van der Waals surface area contributed by atoms with Gasteiger partial charge in [-0.15, -0.1) is 0 Å². The van der Waals surface area contributed by atoms with Crippen molar-refractivity contribution in [3.63, 3.8) is 0 Å². The van der Waals surface area contributed by atoms with Gasteiger partial charge >= 0.3 is 0 Å². The Balaban J connectivity index is 2.02. The van der Waals surface area contributed by atoms with Crippen LogP contribution in [0.1, 0.15) is 30.5 Å². The number of sulfonamides is 2. The maximum atomic E-state index is 13.6. The molecule has 0 aliphatic carbocycles. The predicted octanol–water partition coefficient (Wildman–Crippen LogP) is 3.35. The molecule has 1 heterocycles. The van der Waals surface area contributed by atoms with E-state index >= 15 is 0 Å². The molecular weight excluding hydrogens is 441 g/mol. The first kappa shape index (κ1) is 21.5. The van der Waals surface area contributed by atoms with Gasteiger partial charge in [-0.25, -0.2) is 21.2 Å². The molecule has 1 aliphatic rings. The second-order valence-electron chi connectivity index (χ2n) is 6.57. The zero-order chi connectivity index (χ0) is 21.4. The summed E-state index contributed by atoms with van der Waals surface area (Å²) in [7, 11) is -7.16. The van der Waals surface area contributed by atoms with Gasteiger partial charge in [0.2, 0.25) is 20.0 Å². The van der Waals surface area contributed by atoms with Crippen molar-refractivity contribution >= 4 is 43.0 Å². The number of hydrogen-bond acceptors (Lipinski definition) is 5. The highest BCUT2D eigenvalue weighted by Crippen LogP contribution is 2.36. The van der Waals surface area contributed by atoms with Gasteiger partial charge < -0.3 is 0 Å². The molecule has 0 saturated heterocycles. The van der Waals surface area contributed by atoms with E-state index in [0.717, 1.165) is 10.7 Å². The smallest absolute Gasteiger partial charge is 0.250 e. The molecule has 1 aliphatic heterocycles. The average Bonchev–Trinajstić information content (AvgIpc) is 3.09. The van der Waals surface area contributed by atoms with Crippen molar-refractivity contribution < 1.29 is 21.2 Å². The molecule has 0 radical (unpaired) electrons. The maximum Gasteiger partial charge on any atom is 0.250 e. The molecule has 1 unspecified atom stereocenters. The summed E-state index contributed by atoms with van der Waals surface area (Å²) < 4.78 is 65.1. The van der Waals surface area contributed by atoms with Crippen LogP contribution in [0, 0.1) is 5.82 Å². The number of hydrogen-bond donors (Lipinski definition) is 1. The van der Waals surface area contributed by atoms with E-state index in [1.54, 1.807) is 24.3 Å². The van der Waals surface area contributed by atoms with E-state index in [4.69, 9.17) is 11.6 Å². The lowest BCUT2D eigenvalue weighted by molar-refractivity contribution is 0.372. The third kappa shape index (κ3) is 4.88. The van der Waals surface area contributed by atoms with E-state index in [2.05, 4.69) is 9.82 Å². The van der Waals surface area contributed by atoms with Gasteiger partial charge in [-0.3, -0.25) is 4.72 Å². The highest BCUT2D eigenvalue weighted by Gasteiger charge is 2.36. The first-order valence-electron chi connectivity index (χ1n) is 8.63. The highest BCUT2D eigenvalue weighted by molar-refractivity contribution is 7.92. The largest absolute Gasteiger partial charge is 0.284 e. The van der Waals surface area contributed by atoms with Crippen molar-refractivity contribution in [2.75, 3.05) is 16.7 Å². The van der Waals surface area contributed by atoms with Crippen LogP contribution in [0.15, 0.2) is 47.6 Å². The molecule has 1 N–H and O–H groups in total. The summed E-state index contributed by atoms with van der Waals surface area (Å²) in [5.41, 5.74) is 1.89. The molecule has 7 nitrogen and oxygen atoms in total. The van der Waals surface area contributed by atoms with Gasteiger partial charge in [-0.05, 0) is 42.3 Å². The average molecular weight is 460 g/mol. The molecule has 1 atom stereocenters. The van der Waals surface area contributed by atoms with E-state index < -0.39 is 31.9 Å². The number of hydrazone groups is 1. The minimum atomic E-state index is -3.70. The fourth-order valence-electron chi connectivity index (χ4n) is 3.00. The minimum absolute atomic E-state index is 0.107. The summed E-state index contributed by atoms with van der Waals surface area (Å²) >= 11 is 5.88. The Labute approximate surface area is 174 Å². The van der Waals surface area contributed by atoms with Gasteiger partial charge in [0.1, 0.15) is 5.82 Å². The van der Waals surface area contributed by atoms with E-state index in [0.29, 0.717) is 22.5 Å². The summed E-state index contributed by atoms with van der Waals surface area (Å²) in [6.07, 6.45) is 1.26. The Bertz CT molecular complexity index is 1180. The van der Waals surface area contributed by atoms with Crippen LogP contribution in [0.4, 0.5) is 10.1 Å². The molecule has 0 fully saturated rings. The lowest BCUT2D eigenvalue weighted by Crippen LogP contribution is -2.28. The SMILES string of the molecule is CCS(=O)(=O)N1N=C(c2cccc(NS(C)(=O)=O)c2)CC1c1ccc(F)c(Cl)c1. The molecule has 0 saturated carbocycles. The predicted molar refractivity (Wildman–Crippen MR) is 112 cm³/mol. The van der Waals surface area contributed by atoms with Gasteiger partial charge in [0.25, 0.3) is 0 Å². The Morgan fingerprint density at radius 3 is 2.55 bits per heavy atom. The third-order valence-corrected chi connectivity index (χ3v) is 6.88. The van der Waals surface area contributed by atoms with Gasteiger partial charge in [0, 0.05) is 12.1 Å². The zero-order valence-electron chi connectivity index (χ0n) is 15.6. The normalized spacial score (nSPS) is 17.3. The molecular formula is C18H19ClFN3O4S2. The molecule has 156 valence electrons. The Morgan fingerprint density at radius 2 is 1.93 bits per heavy atom. The van der Waals surface area contributed by atoms with Crippen molar-refractivity contribution in [3.8, 4) is 0 Å². The third-order valence-electron chi connectivity index (χ3n) is 4.35. The number of halogens is 2. The molecule has 0 amide bonds. The summed E-state index contributed by atoms with van der Waals surface area (Å²) in [5, 5.41) is 4.19. The molecule has 3 rings (SSSR count). The van der Waals surface area contributed by atoms with Gasteiger partial charge in [0.05, 0.1) is 28.8 Å². The molecule has 11 heteroatoms. The molecule has 2 aromatic rings. The molecule has 0 aromatic heterocycles. The van der Waals surface area contributed by atoms with E-state index in [-0.39, 0.29) is 17.2 Å². The van der Waals surface area contributed by atoms with Crippen molar-refractivity contribution in [1.29, 1.82) is 0 Å². The lowest BCUT2D eigenvalue weighted by atomic mass is 9.99. The van der Waals surface area contributed by atoms with E-state index in [1.807, 2.05) is 0 Å². The number of nitrogens with zero attached hydrogens (tertiary/aromatic N) is 2. The fourth-order valence-corrected chi connectivity index (χ4v) is 4.81. The quantitative estimate of drug-likeness (QED) is 0.716. The van der Waals surface area contributed by atoms with Gasteiger partial charge in [0.15, 0.2) is 0 Å².